The molecule has 162 valence electrons. The Morgan fingerprint density at radius 2 is 1.97 bits per heavy atom. The molecule has 0 radical (unpaired) electrons. The van der Waals surface area contributed by atoms with Crippen LogP contribution in [-0.2, 0) is 6.54 Å². The molecule has 0 N–H and O–H groups in total. The van der Waals surface area contributed by atoms with Gasteiger partial charge in [-0.05, 0) is 57.5 Å². The molecule has 30 heavy (non-hydrogen) atoms. The molecule has 2 aliphatic rings. The van der Waals surface area contributed by atoms with Crippen molar-refractivity contribution in [2.24, 2.45) is 0 Å². The van der Waals surface area contributed by atoms with Gasteiger partial charge in [0, 0.05) is 54.8 Å². The second kappa shape index (κ2) is 10.6. The first-order valence-electron chi connectivity index (χ1n) is 10.9. The predicted octanol–water partition coefficient (Wildman–Crippen LogP) is 4.19. The second-order valence-electron chi connectivity index (χ2n) is 8.19. The second-order valence-corrected chi connectivity index (χ2v) is 9.25. The number of halogens is 1. The summed E-state index contributed by atoms with van der Waals surface area (Å²) < 4.78 is 19.5. The van der Waals surface area contributed by atoms with Gasteiger partial charge >= 0.3 is 0 Å². The van der Waals surface area contributed by atoms with Gasteiger partial charge in [-0.25, -0.2) is 14.4 Å². The maximum atomic E-state index is 14.4. The predicted molar refractivity (Wildman–Crippen MR) is 119 cm³/mol. The summed E-state index contributed by atoms with van der Waals surface area (Å²) in [6.07, 6.45) is 6.77. The number of hydrogen-bond acceptors (Lipinski definition) is 6. The third-order valence-corrected chi connectivity index (χ3v) is 6.91. The summed E-state index contributed by atoms with van der Waals surface area (Å²) >= 11 is 1.76. The van der Waals surface area contributed by atoms with Crippen molar-refractivity contribution in [2.45, 2.75) is 43.3 Å². The monoisotopic (exact) mass is 430 g/mol. The lowest BCUT2D eigenvalue weighted by Crippen LogP contribution is -2.34. The molecular formula is C23H31FN4OS. The Morgan fingerprint density at radius 1 is 1.13 bits per heavy atom. The molecule has 4 rings (SSSR count). The Labute approximate surface area is 183 Å². The van der Waals surface area contributed by atoms with E-state index in [2.05, 4.69) is 14.8 Å². The molecule has 2 aromatic rings. The van der Waals surface area contributed by atoms with Crippen molar-refractivity contribution in [3.8, 4) is 5.75 Å². The molecule has 0 spiro atoms. The maximum absolute atomic E-state index is 14.4. The van der Waals surface area contributed by atoms with Crippen molar-refractivity contribution < 1.29 is 9.13 Å². The fraction of sp³-hybridized carbons (Fsp3) is 0.565. The normalized spacial score (nSPS) is 20.5. The van der Waals surface area contributed by atoms with Crippen molar-refractivity contribution in [1.29, 1.82) is 0 Å². The summed E-state index contributed by atoms with van der Waals surface area (Å²) in [6.45, 7) is 6.09. The van der Waals surface area contributed by atoms with Crippen LogP contribution in [0.3, 0.4) is 0 Å². The van der Waals surface area contributed by atoms with E-state index in [4.69, 9.17) is 9.72 Å². The van der Waals surface area contributed by atoms with Gasteiger partial charge < -0.3 is 9.64 Å². The van der Waals surface area contributed by atoms with Crippen LogP contribution >= 0.6 is 11.8 Å². The molecule has 5 nitrogen and oxygen atoms in total. The van der Waals surface area contributed by atoms with Crippen molar-refractivity contribution in [1.82, 2.24) is 19.8 Å². The fourth-order valence-corrected chi connectivity index (χ4v) is 5.23. The summed E-state index contributed by atoms with van der Waals surface area (Å²) in [7, 11) is 1.56. The van der Waals surface area contributed by atoms with E-state index in [-0.39, 0.29) is 5.82 Å². The molecule has 3 heterocycles. The van der Waals surface area contributed by atoms with Gasteiger partial charge in [0.2, 0.25) is 0 Å². The third kappa shape index (κ3) is 5.71. The molecule has 0 bridgehead atoms. The standard InChI is InChI=1S/C23H31FN4OS/c1-29-20-7-6-18(21(24)15-20)16-28-12-4-5-19(17-28)22-8-9-25-23(26-22)30-14-13-27-10-2-3-11-27/h6-9,15,19H,2-5,10-14,16-17H2,1H3/t19-/m0/s1. The van der Waals surface area contributed by atoms with Gasteiger partial charge in [0.05, 0.1) is 7.11 Å². The van der Waals surface area contributed by atoms with Crippen LogP contribution < -0.4 is 4.74 Å². The van der Waals surface area contributed by atoms with Crippen LogP contribution in [0.4, 0.5) is 4.39 Å². The summed E-state index contributed by atoms with van der Waals surface area (Å²) in [5.41, 5.74) is 1.84. The van der Waals surface area contributed by atoms with E-state index in [1.807, 2.05) is 24.4 Å². The third-order valence-electron chi connectivity index (χ3n) is 6.07. The highest BCUT2D eigenvalue weighted by Gasteiger charge is 2.23. The number of likely N-dealkylation sites (tertiary alicyclic amines) is 2. The zero-order chi connectivity index (χ0) is 20.8. The molecule has 2 aliphatic heterocycles. The Balaban J connectivity index is 1.33. The lowest BCUT2D eigenvalue weighted by molar-refractivity contribution is 0.196. The zero-order valence-electron chi connectivity index (χ0n) is 17.7. The molecule has 0 saturated carbocycles. The summed E-state index contributed by atoms with van der Waals surface area (Å²) in [6, 6.07) is 7.17. The average Bonchev–Trinajstić information content (AvgIpc) is 3.29. The Hall–Kier alpha value is -1.70. The first-order valence-corrected chi connectivity index (χ1v) is 11.9. The molecule has 0 aliphatic carbocycles. The van der Waals surface area contributed by atoms with E-state index < -0.39 is 0 Å². The molecular weight excluding hydrogens is 399 g/mol. The van der Waals surface area contributed by atoms with E-state index in [1.54, 1.807) is 18.9 Å². The number of methoxy groups -OCH3 is 1. The van der Waals surface area contributed by atoms with Crippen LogP contribution in [0, 0.1) is 5.82 Å². The Morgan fingerprint density at radius 3 is 2.77 bits per heavy atom. The minimum absolute atomic E-state index is 0.199. The van der Waals surface area contributed by atoms with Crippen molar-refractivity contribution in [2.75, 3.05) is 45.6 Å². The van der Waals surface area contributed by atoms with Gasteiger partial charge in [0.25, 0.3) is 0 Å². The van der Waals surface area contributed by atoms with Crippen LogP contribution in [0.15, 0.2) is 35.6 Å². The summed E-state index contributed by atoms with van der Waals surface area (Å²) in [5, 5.41) is 0.880. The van der Waals surface area contributed by atoms with Gasteiger partial charge in [-0.1, -0.05) is 17.8 Å². The number of piperidine rings is 1. The highest BCUT2D eigenvalue weighted by atomic mass is 32.2. The number of hydrogen-bond donors (Lipinski definition) is 0. The average molecular weight is 431 g/mol. The first-order chi connectivity index (χ1) is 14.7. The molecule has 7 heteroatoms. The number of ether oxygens (including phenoxy) is 1. The molecule has 1 atom stereocenters. The highest BCUT2D eigenvalue weighted by Crippen LogP contribution is 2.28. The zero-order valence-corrected chi connectivity index (χ0v) is 18.5. The lowest BCUT2D eigenvalue weighted by Gasteiger charge is -2.32. The smallest absolute Gasteiger partial charge is 0.187 e. The summed E-state index contributed by atoms with van der Waals surface area (Å²) in [4.78, 5) is 14.2. The molecule has 1 aromatic carbocycles. The van der Waals surface area contributed by atoms with Crippen LogP contribution in [-0.4, -0.2) is 65.4 Å². The van der Waals surface area contributed by atoms with Crippen LogP contribution in [0.1, 0.15) is 42.9 Å². The number of aromatic nitrogens is 2. The first kappa shape index (κ1) is 21.5. The van der Waals surface area contributed by atoms with Gasteiger partial charge in [-0.2, -0.15) is 0 Å². The van der Waals surface area contributed by atoms with Gasteiger partial charge in [0.15, 0.2) is 5.16 Å². The van der Waals surface area contributed by atoms with E-state index in [1.165, 1.54) is 32.0 Å². The molecule has 2 fully saturated rings. The van der Waals surface area contributed by atoms with E-state index in [0.717, 1.165) is 54.6 Å². The van der Waals surface area contributed by atoms with Gasteiger partial charge in [-0.3, -0.25) is 4.90 Å². The summed E-state index contributed by atoms with van der Waals surface area (Å²) in [5.74, 6) is 1.77. The maximum Gasteiger partial charge on any atom is 0.187 e. The van der Waals surface area contributed by atoms with Crippen LogP contribution in [0.5, 0.6) is 5.75 Å². The Bertz CT molecular complexity index is 831. The number of thioether (sulfide) groups is 1. The number of nitrogens with zero attached hydrogens (tertiary/aromatic N) is 4. The van der Waals surface area contributed by atoms with Crippen molar-refractivity contribution in [3.05, 3.63) is 47.5 Å². The van der Waals surface area contributed by atoms with E-state index in [9.17, 15) is 4.39 Å². The fourth-order valence-electron chi connectivity index (χ4n) is 4.39. The van der Waals surface area contributed by atoms with Crippen molar-refractivity contribution >= 4 is 11.8 Å². The lowest BCUT2D eigenvalue weighted by atomic mass is 9.94. The van der Waals surface area contributed by atoms with Crippen LogP contribution in [0.2, 0.25) is 0 Å². The minimum Gasteiger partial charge on any atom is -0.497 e. The molecule has 0 unspecified atom stereocenters. The molecule has 2 saturated heterocycles. The number of rotatable bonds is 8. The SMILES string of the molecule is COc1ccc(CN2CCC[C@H](c3ccnc(SCCN4CCCC4)n3)C2)c(F)c1. The largest absolute Gasteiger partial charge is 0.497 e. The van der Waals surface area contributed by atoms with E-state index >= 15 is 0 Å². The van der Waals surface area contributed by atoms with Crippen LogP contribution in [0.25, 0.3) is 0 Å². The van der Waals surface area contributed by atoms with E-state index in [0.29, 0.717) is 18.2 Å². The van der Waals surface area contributed by atoms with Gasteiger partial charge in [0.1, 0.15) is 11.6 Å². The molecule has 0 amide bonds. The topological polar surface area (TPSA) is 41.5 Å². The number of benzene rings is 1. The minimum atomic E-state index is -0.199. The van der Waals surface area contributed by atoms with Crippen molar-refractivity contribution in [3.63, 3.8) is 0 Å². The Kier molecular flexibility index (Phi) is 7.57. The highest BCUT2D eigenvalue weighted by molar-refractivity contribution is 7.99. The quantitative estimate of drug-likeness (QED) is 0.462. The molecule has 1 aromatic heterocycles. The van der Waals surface area contributed by atoms with Gasteiger partial charge in [-0.15, -0.1) is 0 Å².